The molecule has 0 aromatic heterocycles. The topological polar surface area (TPSA) is 70.4 Å². The largest absolute Gasteiger partial charge is 0.313 e. The quantitative estimate of drug-likeness (QED) is 0.391. The summed E-state index contributed by atoms with van der Waals surface area (Å²) in [6.07, 6.45) is 2.62. The number of nitrogens with one attached hydrogen (secondary N) is 2. The van der Waals surface area contributed by atoms with Crippen LogP contribution in [0.5, 0.6) is 0 Å². The maximum absolute atomic E-state index is 11.1. The average molecular weight is 256 g/mol. The average Bonchev–Trinajstić information content (AvgIpc) is 2.25. The van der Waals surface area contributed by atoms with Gasteiger partial charge in [-0.2, -0.15) is 0 Å². The molecule has 106 valence electrons. The molecule has 0 aromatic rings. The number of nitrogens with zero attached hydrogens (tertiary/aromatic N) is 1. The van der Waals surface area contributed by atoms with E-state index in [-0.39, 0.29) is 17.0 Å². The van der Waals surface area contributed by atoms with Crippen molar-refractivity contribution in [3.05, 3.63) is 0 Å². The van der Waals surface area contributed by atoms with Gasteiger partial charge in [0.05, 0.1) is 0 Å². The van der Waals surface area contributed by atoms with Crippen molar-refractivity contribution in [3.8, 4) is 0 Å². The highest BCUT2D eigenvalue weighted by Crippen LogP contribution is 2.36. The molecule has 0 unspecified atom stereocenters. The van der Waals surface area contributed by atoms with Crippen LogP contribution in [0.2, 0.25) is 0 Å². The van der Waals surface area contributed by atoms with Gasteiger partial charge in [0.25, 0.3) is 0 Å². The number of piperidine rings is 1. The van der Waals surface area contributed by atoms with E-state index in [2.05, 4.69) is 50.4 Å². The number of amides is 1. The van der Waals surface area contributed by atoms with Crippen molar-refractivity contribution < 1.29 is 4.79 Å². The molecular weight excluding hydrogens is 228 g/mol. The maximum Gasteiger partial charge on any atom is 0.235 e. The third-order valence-electron chi connectivity index (χ3n) is 4.25. The van der Waals surface area contributed by atoms with Gasteiger partial charge in [-0.1, -0.05) is 0 Å². The molecule has 0 spiro atoms. The first-order chi connectivity index (χ1) is 8.19. The zero-order chi connectivity index (χ0) is 14.0. The summed E-state index contributed by atoms with van der Waals surface area (Å²) in [5.74, 6) is 4.94. The highest BCUT2D eigenvalue weighted by atomic mass is 16.2. The zero-order valence-electron chi connectivity index (χ0n) is 12.3. The van der Waals surface area contributed by atoms with E-state index in [1.54, 1.807) is 0 Å². The fraction of sp³-hybridized carbons (Fsp3) is 0.923. The van der Waals surface area contributed by atoms with Crippen molar-refractivity contribution in [2.45, 2.75) is 64.1 Å². The zero-order valence-corrected chi connectivity index (χ0v) is 12.3. The number of hydrazine groups is 1. The van der Waals surface area contributed by atoms with Crippen LogP contribution >= 0.6 is 0 Å². The third-order valence-corrected chi connectivity index (χ3v) is 4.25. The number of hydrogen-bond acceptors (Lipinski definition) is 4. The first-order valence-electron chi connectivity index (χ1n) is 6.66. The summed E-state index contributed by atoms with van der Waals surface area (Å²) >= 11 is 0. The summed E-state index contributed by atoms with van der Waals surface area (Å²) in [7, 11) is 2.19. The molecule has 0 bridgehead atoms. The van der Waals surface area contributed by atoms with Crippen molar-refractivity contribution >= 4 is 5.91 Å². The Bertz CT molecular complexity index is 283. The molecule has 1 rings (SSSR count). The lowest BCUT2D eigenvalue weighted by Crippen LogP contribution is -2.62. The van der Waals surface area contributed by atoms with Crippen LogP contribution in [0, 0.1) is 0 Å². The number of hydrogen-bond donors (Lipinski definition) is 3. The number of rotatable bonds is 4. The van der Waals surface area contributed by atoms with Crippen molar-refractivity contribution in [2.75, 3.05) is 13.6 Å². The summed E-state index contributed by atoms with van der Waals surface area (Å²) < 4.78 is 0. The van der Waals surface area contributed by atoms with Crippen molar-refractivity contribution in [1.82, 2.24) is 15.6 Å². The van der Waals surface area contributed by atoms with Gasteiger partial charge in [0, 0.05) is 30.1 Å². The van der Waals surface area contributed by atoms with Gasteiger partial charge in [0.15, 0.2) is 0 Å². The molecule has 1 fully saturated rings. The van der Waals surface area contributed by atoms with E-state index in [0.717, 1.165) is 12.8 Å². The number of carbonyl (C=O) groups is 1. The molecule has 0 radical (unpaired) electrons. The van der Waals surface area contributed by atoms with E-state index >= 15 is 0 Å². The molecule has 1 saturated heterocycles. The van der Waals surface area contributed by atoms with Crippen LogP contribution in [0.4, 0.5) is 0 Å². The molecule has 1 heterocycles. The molecule has 0 aliphatic carbocycles. The van der Waals surface area contributed by atoms with Gasteiger partial charge in [-0.3, -0.25) is 15.1 Å². The van der Waals surface area contributed by atoms with Crippen LogP contribution in [-0.2, 0) is 4.79 Å². The highest BCUT2D eigenvalue weighted by molar-refractivity contribution is 5.75. The van der Waals surface area contributed by atoms with E-state index in [4.69, 9.17) is 5.84 Å². The molecule has 18 heavy (non-hydrogen) atoms. The minimum Gasteiger partial charge on any atom is -0.313 e. The fourth-order valence-corrected chi connectivity index (χ4v) is 2.98. The first-order valence-corrected chi connectivity index (χ1v) is 6.66. The van der Waals surface area contributed by atoms with Gasteiger partial charge in [0.2, 0.25) is 5.91 Å². The number of likely N-dealkylation sites (tertiary alicyclic amines) is 1. The Hall–Kier alpha value is -0.650. The van der Waals surface area contributed by atoms with E-state index in [1.807, 2.05) is 0 Å². The van der Waals surface area contributed by atoms with Gasteiger partial charge < -0.3 is 5.32 Å². The molecule has 5 heteroatoms. The van der Waals surface area contributed by atoms with Gasteiger partial charge >= 0.3 is 0 Å². The molecular formula is C13H28N4O. The van der Waals surface area contributed by atoms with E-state index in [1.165, 1.54) is 0 Å². The van der Waals surface area contributed by atoms with Crippen LogP contribution in [0.1, 0.15) is 47.0 Å². The lowest BCUT2D eigenvalue weighted by atomic mass is 9.77. The standard InChI is InChI=1S/C13H28N4O/c1-12(2)8-10(9-13(3,4)17(12)5)15-7-6-11(18)16-14/h10,15H,6-9,14H2,1-5H3,(H,16,18). The molecule has 0 aromatic carbocycles. The van der Waals surface area contributed by atoms with Gasteiger partial charge in [-0.25, -0.2) is 5.84 Å². The predicted molar refractivity (Wildman–Crippen MR) is 73.9 cm³/mol. The van der Waals surface area contributed by atoms with Gasteiger partial charge in [-0.15, -0.1) is 0 Å². The second-order valence-corrected chi connectivity index (χ2v) is 6.56. The molecule has 0 saturated carbocycles. The Morgan fingerprint density at radius 2 is 1.78 bits per heavy atom. The third kappa shape index (κ3) is 3.67. The highest BCUT2D eigenvalue weighted by Gasteiger charge is 2.42. The first kappa shape index (κ1) is 15.4. The Kier molecular flexibility index (Phi) is 4.75. The molecule has 1 amide bonds. The summed E-state index contributed by atoms with van der Waals surface area (Å²) in [5, 5.41) is 3.48. The smallest absolute Gasteiger partial charge is 0.235 e. The van der Waals surface area contributed by atoms with Crippen molar-refractivity contribution in [3.63, 3.8) is 0 Å². The molecule has 0 atom stereocenters. The molecule has 1 aliphatic heterocycles. The van der Waals surface area contributed by atoms with E-state index in [9.17, 15) is 4.79 Å². The van der Waals surface area contributed by atoms with Crippen LogP contribution in [-0.4, -0.2) is 41.5 Å². The number of nitrogens with two attached hydrogens (primary N) is 1. The summed E-state index contributed by atoms with van der Waals surface area (Å²) in [6, 6.07) is 0.455. The summed E-state index contributed by atoms with van der Waals surface area (Å²) in [6.45, 7) is 9.78. The second-order valence-electron chi connectivity index (χ2n) is 6.56. The predicted octanol–water partition coefficient (Wildman–Crippen LogP) is 0.607. The molecule has 5 nitrogen and oxygen atoms in total. The SMILES string of the molecule is CN1C(C)(C)CC(NCCC(=O)NN)CC1(C)C. The van der Waals surface area contributed by atoms with Crippen LogP contribution in [0.15, 0.2) is 0 Å². The minimum absolute atomic E-state index is 0.117. The van der Waals surface area contributed by atoms with E-state index in [0.29, 0.717) is 19.0 Å². The lowest BCUT2D eigenvalue weighted by molar-refractivity contribution is -0.121. The Morgan fingerprint density at radius 3 is 2.22 bits per heavy atom. The second kappa shape index (κ2) is 5.55. The molecule has 1 aliphatic rings. The van der Waals surface area contributed by atoms with Crippen LogP contribution in [0.3, 0.4) is 0 Å². The Labute approximate surface area is 110 Å². The Balaban J connectivity index is 2.51. The normalized spacial score (nSPS) is 23.9. The lowest BCUT2D eigenvalue weighted by Gasteiger charge is -2.53. The van der Waals surface area contributed by atoms with Gasteiger partial charge in [0.1, 0.15) is 0 Å². The van der Waals surface area contributed by atoms with E-state index < -0.39 is 0 Å². The van der Waals surface area contributed by atoms with Crippen LogP contribution < -0.4 is 16.6 Å². The maximum atomic E-state index is 11.1. The summed E-state index contributed by atoms with van der Waals surface area (Å²) in [5.41, 5.74) is 2.51. The molecule has 4 N–H and O–H groups in total. The monoisotopic (exact) mass is 256 g/mol. The Morgan fingerprint density at radius 1 is 1.28 bits per heavy atom. The van der Waals surface area contributed by atoms with Gasteiger partial charge in [-0.05, 0) is 47.6 Å². The minimum atomic E-state index is -0.117. The van der Waals surface area contributed by atoms with Crippen molar-refractivity contribution in [1.29, 1.82) is 0 Å². The van der Waals surface area contributed by atoms with Crippen molar-refractivity contribution in [2.24, 2.45) is 5.84 Å². The fourth-order valence-electron chi connectivity index (χ4n) is 2.98. The van der Waals surface area contributed by atoms with Crippen LogP contribution in [0.25, 0.3) is 0 Å². The number of carbonyl (C=O) groups excluding carboxylic acids is 1. The summed E-state index contributed by atoms with van der Waals surface area (Å²) in [4.78, 5) is 13.5.